The van der Waals surface area contributed by atoms with Crippen molar-refractivity contribution in [3.63, 3.8) is 0 Å². The van der Waals surface area contributed by atoms with Gasteiger partial charge in [-0.2, -0.15) is 0 Å². The van der Waals surface area contributed by atoms with Crippen LogP contribution in [-0.4, -0.2) is 61.7 Å². The summed E-state index contributed by atoms with van der Waals surface area (Å²) in [4.78, 5) is 13.8. The van der Waals surface area contributed by atoms with Crippen LogP contribution in [0, 0.1) is 5.92 Å². The number of rotatable bonds is 3. The van der Waals surface area contributed by atoms with Crippen molar-refractivity contribution in [2.24, 2.45) is 5.92 Å². The average Bonchev–Trinajstić information content (AvgIpc) is 2.70. The van der Waals surface area contributed by atoms with E-state index in [1.165, 1.54) is 0 Å². The predicted molar refractivity (Wildman–Crippen MR) is 90.2 cm³/mol. The SMILES string of the molecule is CC1(NCC2CCN(C(=O)OC(C)(C)C)CC2)CCS(=O)(=O)C1. The average molecular weight is 346 g/mol. The first-order chi connectivity index (χ1) is 10.5. The predicted octanol–water partition coefficient (Wildman–Crippen LogP) is 1.80. The molecule has 1 atom stereocenters. The largest absolute Gasteiger partial charge is 0.444 e. The second-order valence-electron chi connectivity index (χ2n) is 8.19. The number of likely N-dealkylation sites (tertiary alicyclic amines) is 1. The highest BCUT2D eigenvalue weighted by Gasteiger charge is 2.38. The Morgan fingerprint density at radius 1 is 1.30 bits per heavy atom. The quantitative estimate of drug-likeness (QED) is 0.843. The second-order valence-corrected chi connectivity index (χ2v) is 10.4. The van der Waals surface area contributed by atoms with Crippen molar-refractivity contribution >= 4 is 15.9 Å². The summed E-state index contributed by atoms with van der Waals surface area (Å²) in [5.74, 6) is 0.999. The van der Waals surface area contributed by atoms with Crippen LogP contribution >= 0.6 is 0 Å². The highest BCUT2D eigenvalue weighted by atomic mass is 32.2. The first-order valence-corrected chi connectivity index (χ1v) is 10.2. The third-order valence-electron chi connectivity index (χ3n) is 4.59. The first kappa shape index (κ1) is 18.5. The van der Waals surface area contributed by atoms with Crippen LogP contribution in [0.25, 0.3) is 0 Å². The standard InChI is InChI=1S/C16H30N2O4S/c1-15(2,3)22-14(19)18-8-5-13(6-9-18)11-17-16(4)7-10-23(20,21)12-16/h13,17H,5-12H2,1-4H3. The molecule has 0 aromatic rings. The van der Waals surface area contributed by atoms with E-state index in [-0.39, 0.29) is 23.1 Å². The van der Waals surface area contributed by atoms with Gasteiger partial charge < -0.3 is 15.0 Å². The summed E-state index contributed by atoms with van der Waals surface area (Å²) in [5.41, 5.74) is -0.751. The molecule has 23 heavy (non-hydrogen) atoms. The third kappa shape index (κ3) is 5.64. The zero-order valence-corrected chi connectivity index (χ0v) is 15.5. The molecule has 2 saturated heterocycles. The lowest BCUT2D eigenvalue weighted by atomic mass is 9.94. The minimum atomic E-state index is -2.88. The topological polar surface area (TPSA) is 75.7 Å². The Morgan fingerprint density at radius 2 is 1.91 bits per heavy atom. The molecule has 0 aromatic carbocycles. The van der Waals surface area contributed by atoms with Crippen molar-refractivity contribution < 1.29 is 17.9 Å². The van der Waals surface area contributed by atoms with Crippen molar-refractivity contribution in [1.29, 1.82) is 0 Å². The van der Waals surface area contributed by atoms with Crippen molar-refractivity contribution in [3.8, 4) is 0 Å². The van der Waals surface area contributed by atoms with E-state index < -0.39 is 15.4 Å². The summed E-state index contributed by atoms with van der Waals surface area (Å²) in [7, 11) is -2.88. The van der Waals surface area contributed by atoms with Crippen LogP contribution in [0.5, 0.6) is 0 Å². The van der Waals surface area contributed by atoms with Crippen LogP contribution in [0.4, 0.5) is 4.79 Å². The first-order valence-electron chi connectivity index (χ1n) is 8.41. The molecular formula is C16H30N2O4S. The van der Waals surface area contributed by atoms with Gasteiger partial charge in [-0.1, -0.05) is 0 Å². The van der Waals surface area contributed by atoms with Gasteiger partial charge in [-0.15, -0.1) is 0 Å². The lowest BCUT2D eigenvalue weighted by Gasteiger charge is -2.35. The van der Waals surface area contributed by atoms with Gasteiger partial charge in [-0.25, -0.2) is 13.2 Å². The van der Waals surface area contributed by atoms with Crippen molar-refractivity contribution in [2.45, 2.75) is 58.1 Å². The number of hydrogen-bond acceptors (Lipinski definition) is 5. The minimum Gasteiger partial charge on any atom is -0.444 e. The van der Waals surface area contributed by atoms with Crippen LogP contribution < -0.4 is 5.32 Å². The zero-order valence-electron chi connectivity index (χ0n) is 14.7. The molecule has 6 nitrogen and oxygen atoms in total. The number of nitrogens with one attached hydrogen (secondary N) is 1. The number of carbonyl (C=O) groups excluding carboxylic acids is 1. The number of carbonyl (C=O) groups is 1. The summed E-state index contributed by atoms with van der Waals surface area (Å²) < 4.78 is 28.7. The molecule has 2 rings (SSSR count). The number of ether oxygens (including phenoxy) is 1. The van der Waals surface area contributed by atoms with Gasteiger partial charge in [0.2, 0.25) is 0 Å². The Hall–Kier alpha value is -0.820. The van der Waals surface area contributed by atoms with E-state index in [1.54, 1.807) is 4.90 Å². The summed E-state index contributed by atoms with van der Waals surface area (Å²) in [5, 5.41) is 3.45. The molecule has 7 heteroatoms. The summed E-state index contributed by atoms with van der Waals surface area (Å²) in [6.07, 6.45) is 2.30. The van der Waals surface area contributed by atoms with Gasteiger partial charge in [0, 0.05) is 18.6 Å². The van der Waals surface area contributed by atoms with Crippen molar-refractivity contribution in [2.75, 3.05) is 31.1 Å². The maximum Gasteiger partial charge on any atom is 0.410 e. The fraction of sp³-hybridized carbons (Fsp3) is 0.938. The van der Waals surface area contributed by atoms with Gasteiger partial charge >= 0.3 is 6.09 Å². The van der Waals surface area contributed by atoms with Gasteiger partial charge in [0.15, 0.2) is 9.84 Å². The van der Waals surface area contributed by atoms with Crippen LogP contribution in [0.15, 0.2) is 0 Å². The molecule has 2 fully saturated rings. The molecule has 0 saturated carbocycles. The number of amides is 1. The van der Waals surface area contributed by atoms with E-state index >= 15 is 0 Å². The number of sulfone groups is 1. The van der Waals surface area contributed by atoms with Gasteiger partial charge in [0.25, 0.3) is 0 Å². The van der Waals surface area contributed by atoms with Crippen LogP contribution in [0.1, 0.15) is 47.0 Å². The molecule has 1 amide bonds. The number of nitrogens with zero attached hydrogens (tertiary/aromatic N) is 1. The van der Waals surface area contributed by atoms with E-state index in [1.807, 2.05) is 27.7 Å². The van der Waals surface area contributed by atoms with E-state index in [4.69, 9.17) is 4.74 Å². The zero-order chi connectivity index (χ0) is 17.3. The highest BCUT2D eigenvalue weighted by Crippen LogP contribution is 2.25. The molecule has 134 valence electrons. The molecule has 2 aliphatic heterocycles. The Balaban J connectivity index is 1.74. The third-order valence-corrected chi connectivity index (χ3v) is 6.49. The summed E-state index contributed by atoms with van der Waals surface area (Å²) >= 11 is 0. The molecule has 0 aromatic heterocycles. The lowest BCUT2D eigenvalue weighted by molar-refractivity contribution is 0.0182. The van der Waals surface area contributed by atoms with Crippen LogP contribution in [-0.2, 0) is 14.6 Å². The van der Waals surface area contributed by atoms with Gasteiger partial charge in [-0.3, -0.25) is 0 Å². The van der Waals surface area contributed by atoms with E-state index in [0.717, 1.165) is 19.4 Å². The number of piperidine rings is 1. The molecule has 0 aliphatic carbocycles. The van der Waals surface area contributed by atoms with E-state index in [0.29, 0.717) is 25.4 Å². The van der Waals surface area contributed by atoms with Gasteiger partial charge in [-0.05, 0) is 59.4 Å². The van der Waals surface area contributed by atoms with Gasteiger partial charge in [0.05, 0.1) is 11.5 Å². The van der Waals surface area contributed by atoms with Crippen LogP contribution in [0.3, 0.4) is 0 Å². The van der Waals surface area contributed by atoms with E-state index in [9.17, 15) is 13.2 Å². The molecule has 0 radical (unpaired) electrons. The molecule has 1 unspecified atom stereocenters. The monoisotopic (exact) mass is 346 g/mol. The molecule has 1 N–H and O–H groups in total. The Morgan fingerprint density at radius 3 is 2.39 bits per heavy atom. The summed E-state index contributed by atoms with van der Waals surface area (Å²) in [6, 6.07) is 0. The Labute approximate surface area is 139 Å². The normalized spacial score (nSPS) is 28.8. The maximum absolute atomic E-state index is 12.0. The molecule has 2 heterocycles. The van der Waals surface area contributed by atoms with Crippen LogP contribution in [0.2, 0.25) is 0 Å². The molecule has 2 aliphatic rings. The number of hydrogen-bond donors (Lipinski definition) is 1. The van der Waals surface area contributed by atoms with Crippen molar-refractivity contribution in [3.05, 3.63) is 0 Å². The molecular weight excluding hydrogens is 316 g/mol. The van der Waals surface area contributed by atoms with Gasteiger partial charge in [0.1, 0.15) is 5.60 Å². The summed E-state index contributed by atoms with van der Waals surface area (Å²) in [6.45, 7) is 9.84. The Kier molecular flexibility index (Phi) is 5.31. The molecule has 0 bridgehead atoms. The fourth-order valence-electron chi connectivity index (χ4n) is 3.19. The lowest BCUT2D eigenvalue weighted by Crippen LogP contribution is -2.48. The Bertz CT molecular complexity index is 533. The smallest absolute Gasteiger partial charge is 0.410 e. The maximum atomic E-state index is 12.0. The highest BCUT2D eigenvalue weighted by molar-refractivity contribution is 7.91. The van der Waals surface area contributed by atoms with Crippen molar-refractivity contribution in [1.82, 2.24) is 10.2 Å². The second kappa shape index (κ2) is 6.59. The minimum absolute atomic E-state index is 0.233. The van der Waals surface area contributed by atoms with E-state index in [2.05, 4.69) is 5.32 Å². The molecule has 0 spiro atoms. The fourth-order valence-corrected chi connectivity index (χ4v) is 5.31.